The predicted molar refractivity (Wildman–Crippen MR) is 203 cm³/mol. The molecular weight excluding hydrogens is 615 g/mol. The average molecular weight is 662 g/mol. The first kappa shape index (κ1) is 33.1. The third kappa shape index (κ3) is 8.06. The van der Waals surface area contributed by atoms with Gasteiger partial charge in [0.25, 0.3) is 0 Å². The number of aryl methyl sites for hydroxylation is 3. The quantitative estimate of drug-likeness (QED) is 0.0763. The van der Waals surface area contributed by atoms with Crippen LogP contribution in [-0.4, -0.2) is 17.8 Å². The number of benzene rings is 4. The van der Waals surface area contributed by atoms with E-state index in [1.165, 1.54) is 44.1 Å². The van der Waals surface area contributed by atoms with Crippen molar-refractivity contribution in [1.82, 2.24) is 4.57 Å². The molecule has 0 aliphatic rings. The van der Waals surface area contributed by atoms with E-state index >= 15 is 0 Å². The Labute approximate surface area is 296 Å². The topological polar surface area (TPSA) is 31.2 Å². The van der Waals surface area contributed by atoms with Gasteiger partial charge in [0.1, 0.15) is 24.6 Å². The molecule has 0 aliphatic heterocycles. The Morgan fingerprint density at radius 3 is 1.40 bits per heavy atom. The lowest BCUT2D eigenvalue weighted by molar-refractivity contribution is -0.697. The summed E-state index contributed by atoms with van der Waals surface area (Å²) in [5, 5.41) is 2.65. The number of pyridine rings is 2. The summed E-state index contributed by atoms with van der Waals surface area (Å²) in [6, 6.07) is 43.0. The first-order valence-electron chi connectivity index (χ1n) is 18.2. The van der Waals surface area contributed by atoms with Crippen LogP contribution in [0, 0.1) is 0 Å². The molecule has 0 atom stereocenters. The molecule has 0 aliphatic carbocycles. The van der Waals surface area contributed by atoms with Crippen molar-refractivity contribution in [2.24, 2.45) is 0 Å². The molecule has 0 N–H and O–H groups in total. The van der Waals surface area contributed by atoms with E-state index in [0.717, 1.165) is 63.2 Å². The first-order valence-corrected chi connectivity index (χ1v) is 18.2. The van der Waals surface area contributed by atoms with Gasteiger partial charge in [-0.1, -0.05) is 67.6 Å². The predicted octanol–water partition coefficient (Wildman–Crippen LogP) is 9.83. The molecule has 3 aromatic heterocycles. The van der Waals surface area contributed by atoms with Crippen LogP contribution in [0.4, 0.5) is 0 Å². The monoisotopic (exact) mass is 661 g/mol. The van der Waals surface area contributed by atoms with Crippen LogP contribution in [0.25, 0.3) is 44.1 Å². The minimum atomic E-state index is 0.709. The number of unbranched alkanes of at least 4 members (excludes halogenated alkanes) is 2. The van der Waals surface area contributed by atoms with Gasteiger partial charge in [-0.15, -0.1) is 0 Å². The fourth-order valence-electron chi connectivity index (χ4n) is 6.74. The zero-order chi connectivity index (χ0) is 34.0. The highest BCUT2D eigenvalue weighted by molar-refractivity contribution is 6.07. The van der Waals surface area contributed by atoms with Crippen LogP contribution in [0.15, 0.2) is 146 Å². The average Bonchev–Trinajstić information content (AvgIpc) is 3.49. The summed E-state index contributed by atoms with van der Waals surface area (Å²) in [5.41, 5.74) is 7.46. The highest BCUT2D eigenvalue weighted by Gasteiger charge is 2.10. The van der Waals surface area contributed by atoms with Gasteiger partial charge in [0.2, 0.25) is 0 Å². The van der Waals surface area contributed by atoms with Gasteiger partial charge in [-0.05, 0) is 77.9 Å². The summed E-state index contributed by atoms with van der Waals surface area (Å²) in [6.07, 6.45) is 14.0. The molecule has 0 saturated heterocycles. The van der Waals surface area contributed by atoms with E-state index in [1.54, 1.807) is 0 Å². The maximum atomic E-state index is 6.11. The molecular formula is C45H47N3O2+2. The number of rotatable bonds is 16. The Morgan fingerprint density at radius 1 is 0.460 bits per heavy atom. The molecule has 3 heterocycles. The van der Waals surface area contributed by atoms with Crippen LogP contribution in [0.1, 0.15) is 39.0 Å². The number of aromatic nitrogens is 3. The van der Waals surface area contributed by atoms with Gasteiger partial charge in [-0.25, -0.2) is 9.13 Å². The van der Waals surface area contributed by atoms with Crippen LogP contribution in [0.3, 0.4) is 0 Å². The molecule has 4 aromatic carbocycles. The standard InChI is InChI=1S/C45H47N3O2/c1-2-27-46-30-23-38(24-31-46)39-25-32-47(33-26-39)28-7-9-34-49-40-19-15-36(16-20-40)37-17-21-41(22-18-37)50-35-10-8-29-48-44-13-5-3-11-42(44)43-12-4-6-14-45(43)48/h3-6,11-26,30-33H,2,7-10,27-29,34-35H2,1H3/q+2. The summed E-state index contributed by atoms with van der Waals surface area (Å²) in [7, 11) is 0. The molecule has 5 nitrogen and oxygen atoms in total. The Balaban J connectivity index is 0.808. The molecule has 0 amide bonds. The molecule has 0 radical (unpaired) electrons. The minimum Gasteiger partial charge on any atom is -0.494 e. The van der Waals surface area contributed by atoms with Crippen molar-refractivity contribution < 1.29 is 18.6 Å². The van der Waals surface area contributed by atoms with Crippen molar-refractivity contribution >= 4 is 21.8 Å². The second-order valence-corrected chi connectivity index (χ2v) is 13.0. The number of para-hydroxylation sites is 2. The highest BCUT2D eigenvalue weighted by atomic mass is 16.5. The molecule has 0 saturated carbocycles. The second-order valence-electron chi connectivity index (χ2n) is 13.0. The van der Waals surface area contributed by atoms with Gasteiger partial charge in [-0.2, -0.15) is 0 Å². The molecule has 7 rings (SSSR count). The number of hydrogen-bond acceptors (Lipinski definition) is 2. The van der Waals surface area contributed by atoms with E-state index in [0.29, 0.717) is 13.2 Å². The fourth-order valence-corrected chi connectivity index (χ4v) is 6.74. The van der Waals surface area contributed by atoms with Crippen LogP contribution in [0.5, 0.6) is 11.5 Å². The van der Waals surface area contributed by atoms with E-state index in [9.17, 15) is 0 Å². The Morgan fingerprint density at radius 2 is 0.900 bits per heavy atom. The van der Waals surface area contributed by atoms with Crippen molar-refractivity contribution in [2.75, 3.05) is 13.2 Å². The second kappa shape index (κ2) is 16.3. The molecule has 5 heteroatoms. The Hall–Kier alpha value is -5.42. The van der Waals surface area contributed by atoms with Gasteiger partial charge in [0.15, 0.2) is 24.8 Å². The Bertz CT molecular complexity index is 2050. The zero-order valence-electron chi connectivity index (χ0n) is 29.1. The summed E-state index contributed by atoms with van der Waals surface area (Å²) in [6.45, 7) is 6.65. The van der Waals surface area contributed by atoms with Crippen molar-refractivity contribution in [2.45, 2.75) is 58.7 Å². The largest absolute Gasteiger partial charge is 0.494 e. The third-order valence-corrected chi connectivity index (χ3v) is 9.44. The molecule has 0 fully saturated rings. The summed E-state index contributed by atoms with van der Waals surface area (Å²) < 4.78 is 19.1. The van der Waals surface area contributed by atoms with Gasteiger partial charge in [0, 0.05) is 65.5 Å². The Kier molecular flexibility index (Phi) is 10.8. The molecule has 50 heavy (non-hydrogen) atoms. The SMILES string of the molecule is CCC[n+]1ccc(-c2cc[n+](CCCCOc3ccc(-c4ccc(OCCCCn5c6ccccc6c6ccccc65)cc4)cc3)cc2)cc1. The van der Waals surface area contributed by atoms with Crippen molar-refractivity contribution in [3.63, 3.8) is 0 Å². The van der Waals surface area contributed by atoms with E-state index in [1.807, 2.05) is 0 Å². The molecule has 252 valence electrons. The maximum absolute atomic E-state index is 6.11. The lowest BCUT2D eigenvalue weighted by Gasteiger charge is -2.10. The smallest absolute Gasteiger partial charge is 0.169 e. The third-order valence-electron chi connectivity index (χ3n) is 9.44. The first-order chi connectivity index (χ1) is 24.7. The summed E-state index contributed by atoms with van der Waals surface area (Å²) in [5.74, 6) is 1.82. The van der Waals surface area contributed by atoms with Gasteiger partial charge < -0.3 is 14.0 Å². The number of nitrogens with zero attached hydrogens (tertiary/aromatic N) is 3. The van der Waals surface area contributed by atoms with Gasteiger partial charge in [0.05, 0.1) is 13.2 Å². The van der Waals surface area contributed by atoms with Crippen molar-refractivity contribution in [1.29, 1.82) is 0 Å². The molecule has 7 aromatic rings. The normalized spacial score (nSPS) is 11.3. The lowest BCUT2D eigenvalue weighted by Crippen LogP contribution is -2.33. The van der Waals surface area contributed by atoms with Crippen molar-refractivity contribution in [3.05, 3.63) is 146 Å². The van der Waals surface area contributed by atoms with Gasteiger partial charge in [-0.3, -0.25) is 0 Å². The van der Waals surface area contributed by atoms with Crippen LogP contribution in [-0.2, 0) is 19.6 Å². The maximum Gasteiger partial charge on any atom is 0.169 e. The van der Waals surface area contributed by atoms with E-state index < -0.39 is 0 Å². The molecule has 0 bridgehead atoms. The number of hydrogen-bond donors (Lipinski definition) is 0. The fraction of sp³-hybridized carbons (Fsp3) is 0.244. The summed E-state index contributed by atoms with van der Waals surface area (Å²) >= 11 is 0. The van der Waals surface area contributed by atoms with E-state index in [2.05, 4.69) is 167 Å². The number of ether oxygens (including phenoxy) is 2. The number of fused-ring (bicyclic) bond motifs is 3. The summed E-state index contributed by atoms with van der Waals surface area (Å²) in [4.78, 5) is 0. The molecule has 0 unspecified atom stereocenters. The van der Waals surface area contributed by atoms with Crippen molar-refractivity contribution in [3.8, 4) is 33.8 Å². The van der Waals surface area contributed by atoms with Crippen LogP contribution >= 0.6 is 0 Å². The molecule has 0 spiro atoms. The lowest BCUT2D eigenvalue weighted by atomic mass is 10.1. The minimum absolute atomic E-state index is 0.709. The van der Waals surface area contributed by atoms with Crippen LogP contribution in [0.2, 0.25) is 0 Å². The van der Waals surface area contributed by atoms with E-state index in [4.69, 9.17) is 9.47 Å². The zero-order valence-corrected chi connectivity index (χ0v) is 29.1. The van der Waals surface area contributed by atoms with E-state index in [-0.39, 0.29) is 0 Å². The highest BCUT2D eigenvalue weighted by Crippen LogP contribution is 2.29. The van der Waals surface area contributed by atoms with Gasteiger partial charge >= 0.3 is 0 Å². The van der Waals surface area contributed by atoms with Crippen LogP contribution < -0.4 is 18.6 Å².